The Bertz CT molecular complexity index is 551. The third-order valence-electron chi connectivity index (χ3n) is 5.18. The van der Waals surface area contributed by atoms with Crippen LogP contribution in [0.15, 0.2) is 0 Å². The third kappa shape index (κ3) is 58.6. The second-order valence-electron chi connectivity index (χ2n) is 9.77. The van der Waals surface area contributed by atoms with Crippen molar-refractivity contribution in [3.63, 3.8) is 0 Å². The van der Waals surface area contributed by atoms with E-state index in [1.807, 2.05) is 0 Å². The zero-order valence-corrected chi connectivity index (χ0v) is 29.2. The Morgan fingerprint density at radius 1 is 0.425 bits per heavy atom. The van der Waals surface area contributed by atoms with Gasteiger partial charge in [-0.15, -0.1) is 0 Å². The first kappa shape index (κ1) is 47.9. The van der Waals surface area contributed by atoms with Crippen LogP contribution in [-0.2, 0) is 44.3 Å². The summed E-state index contributed by atoms with van der Waals surface area (Å²) in [5, 5.41) is 0. The van der Waals surface area contributed by atoms with Crippen LogP contribution in [0.5, 0.6) is 0 Å². The molecule has 0 aromatic carbocycles. The van der Waals surface area contributed by atoms with Crippen LogP contribution in [-0.4, -0.2) is 54.5 Å². The Hall–Kier alpha value is 0.969. The van der Waals surface area contributed by atoms with Crippen molar-refractivity contribution in [1.82, 2.24) is 0 Å². The van der Waals surface area contributed by atoms with Gasteiger partial charge in [-0.25, -0.2) is 0 Å². The summed E-state index contributed by atoms with van der Waals surface area (Å²) in [6.45, 7) is 16.1. The molecule has 1 radical (unpaired) electrons. The first-order valence-corrected chi connectivity index (χ1v) is 20.5. The van der Waals surface area contributed by atoms with E-state index < -0.39 is 22.8 Å². The number of hydrogen-bond acceptors (Lipinski definition) is 6. The summed E-state index contributed by atoms with van der Waals surface area (Å²) < 4.78 is 46.2. The predicted octanol–water partition coefficient (Wildman–Crippen LogP) is 8.98. The molecule has 40 heavy (non-hydrogen) atoms. The van der Waals surface area contributed by atoms with Crippen LogP contribution in [0.3, 0.4) is 0 Å². The van der Waals surface area contributed by atoms with Crippen molar-refractivity contribution in [1.29, 1.82) is 0 Å². The molecule has 245 valence electrons. The topological polar surface area (TPSA) is 140 Å². The summed E-state index contributed by atoms with van der Waals surface area (Å²) in [7, 11) is -9.71. The fourth-order valence-electron chi connectivity index (χ4n) is 3.13. The van der Waals surface area contributed by atoms with Gasteiger partial charge in [0.05, 0.1) is 19.8 Å². The van der Waals surface area contributed by atoms with E-state index >= 15 is 0 Å². The molecule has 3 unspecified atom stereocenters. The smallest absolute Gasteiger partial charge is 0.343 e. The molecule has 0 saturated heterocycles. The minimum Gasteiger partial charge on any atom is -0.343 e. The molecule has 3 atom stereocenters. The quantitative estimate of drug-likeness (QED) is 0.0395. The van der Waals surface area contributed by atoms with E-state index in [1.165, 1.54) is 77.8 Å². The zero-order valence-electron chi connectivity index (χ0n) is 25.5. The molecule has 0 heterocycles. The van der Waals surface area contributed by atoms with E-state index in [-0.39, 0.29) is 17.1 Å². The standard InChI is InChI=1S/3C9H20O3P.Fe/c3*1-3-4-5-6-7-8-9-12-13(2,10)11;/h3*1,3-9H2,2H3,(H,10,11);/q3*-1;+3. The van der Waals surface area contributed by atoms with E-state index in [4.69, 9.17) is 28.3 Å². The minimum atomic E-state index is -3.24. The molecule has 0 aromatic heterocycles. The van der Waals surface area contributed by atoms with Gasteiger partial charge in [0, 0.05) is 20.0 Å². The van der Waals surface area contributed by atoms with Crippen LogP contribution in [0, 0.1) is 20.8 Å². The van der Waals surface area contributed by atoms with Crippen molar-refractivity contribution in [3.8, 4) is 0 Å². The molecule has 0 rings (SSSR count). The van der Waals surface area contributed by atoms with Gasteiger partial charge in [-0.2, -0.15) is 19.3 Å². The van der Waals surface area contributed by atoms with E-state index in [0.717, 1.165) is 57.8 Å². The van der Waals surface area contributed by atoms with Crippen LogP contribution in [0.25, 0.3) is 0 Å². The normalized spacial score (nSPS) is 15.2. The number of unbranched alkanes of at least 4 members (excludes halogenated alkanes) is 15. The van der Waals surface area contributed by atoms with Crippen LogP contribution in [0.1, 0.15) is 116 Å². The molecule has 0 aliphatic heterocycles. The molecule has 0 aliphatic carbocycles. The van der Waals surface area contributed by atoms with Crippen molar-refractivity contribution in [2.45, 2.75) is 116 Å². The Morgan fingerprint density at radius 3 is 0.775 bits per heavy atom. The molecule has 0 saturated carbocycles. The monoisotopic (exact) mass is 677 g/mol. The van der Waals surface area contributed by atoms with Gasteiger partial charge in [0.1, 0.15) is 0 Å². The largest absolute Gasteiger partial charge is 3.00 e. The number of rotatable bonds is 24. The maximum Gasteiger partial charge on any atom is 3.00 e. The van der Waals surface area contributed by atoms with E-state index in [9.17, 15) is 13.7 Å². The second kappa shape index (κ2) is 32.9. The summed E-state index contributed by atoms with van der Waals surface area (Å²) in [5.41, 5.74) is 0. The Kier molecular flexibility index (Phi) is 39.4. The Morgan fingerprint density at radius 2 is 0.600 bits per heavy atom. The van der Waals surface area contributed by atoms with Gasteiger partial charge in [-0.1, -0.05) is 77.0 Å². The van der Waals surface area contributed by atoms with Gasteiger partial charge in [0.15, 0.2) is 0 Å². The summed E-state index contributed by atoms with van der Waals surface area (Å²) in [4.78, 5) is 26.4. The fraction of sp³-hybridized carbons (Fsp3) is 0.889. The second-order valence-corrected chi connectivity index (χ2v) is 15.4. The van der Waals surface area contributed by atoms with Gasteiger partial charge in [-0.05, 0) is 19.3 Å². The van der Waals surface area contributed by atoms with Crippen LogP contribution < -0.4 is 0 Å². The van der Waals surface area contributed by atoms with Crippen molar-refractivity contribution in [2.24, 2.45) is 0 Å². The molecule has 0 fully saturated rings. The average molecular weight is 678 g/mol. The summed E-state index contributed by atoms with van der Waals surface area (Å²) in [5.74, 6) is 0. The molecule has 0 spiro atoms. The Balaban J connectivity index is -0.000000240. The maximum absolute atomic E-state index is 10.7. The summed E-state index contributed by atoms with van der Waals surface area (Å²) >= 11 is 0. The third-order valence-corrected chi connectivity index (χ3v) is 7.16. The number of hydrogen-bond donors (Lipinski definition) is 3. The predicted molar refractivity (Wildman–Crippen MR) is 164 cm³/mol. The van der Waals surface area contributed by atoms with Crippen molar-refractivity contribution < 1.29 is 59.0 Å². The summed E-state index contributed by atoms with van der Waals surface area (Å²) in [6.07, 6.45) is 19.4. The van der Waals surface area contributed by atoms with E-state index in [0.29, 0.717) is 19.8 Å². The zero-order chi connectivity index (χ0) is 30.5. The molecule has 9 nitrogen and oxygen atoms in total. The molecule has 0 bridgehead atoms. The average Bonchev–Trinajstić information content (AvgIpc) is 2.81. The van der Waals surface area contributed by atoms with Crippen molar-refractivity contribution in [2.75, 3.05) is 39.8 Å². The van der Waals surface area contributed by atoms with E-state index in [1.54, 1.807) is 0 Å². The van der Waals surface area contributed by atoms with E-state index in [2.05, 4.69) is 20.8 Å². The molecule has 0 aromatic rings. The maximum atomic E-state index is 10.7. The van der Waals surface area contributed by atoms with Crippen LogP contribution in [0.2, 0.25) is 0 Å². The van der Waals surface area contributed by atoms with Crippen molar-refractivity contribution in [3.05, 3.63) is 20.8 Å². The molecule has 3 N–H and O–H groups in total. The van der Waals surface area contributed by atoms with Gasteiger partial charge in [0.2, 0.25) is 0 Å². The molecule has 0 amide bonds. The molecule has 0 aliphatic rings. The molecular formula is C27H60FeO9P3. The van der Waals surface area contributed by atoms with Gasteiger partial charge >= 0.3 is 39.9 Å². The van der Waals surface area contributed by atoms with Gasteiger partial charge < -0.3 is 49.0 Å². The first-order valence-electron chi connectivity index (χ1n) is 14.4. The Labute approximate surface area is 257 Å². The van der Waals surface area contributed by atoms with Gasteiger partial charge in [-0.3, -0.25) is 13.7 Å². The van der Waals surface area contributed by atoms with Crippen LogP contribution in [0.4, 0.5) is 0 Å². The fourth-order valence-corrected chi connectivity index (χ4v) is 4.53. The molecule has 13 heteroatoms. The minimum absolute atomic E-state index is 0. The summed E-state index contributed by atoms with van der Waals surface area (Å²) in [6, 6.07) is 0. The first-order chi connectivity index (χ1) is 18.2. The van der Waals surface area contributed by atoms with Crippen LogP contribution >= 0.6 is 22.8 Å². The van der Waals surface area contributed by atoms with Gasteiger partial charge in [0.25, 0.3) is 0 Å². The SMILES string of the molecule is [CH2-]CCCCCCCOP(C)(=O)O.[CH2-]CCCCCCCOP(C)(=O)O.[CH2-]CCCCCCCOP(C)(=O)O.[Fe+3]. The van der Waals surface area contributed by atoms with Crippen molar-refractivity contribution >= 4 is 22.8 Å². The molecular weight excluding hydrogens is 617 g/mol.